The van der Waals surface area contributed by atoms with E-state index in [-0.39, 0.29) is 5.41 Å². The summed E-state index contributed by atoms with van der Waals surface area (Å²) in [6.45, 7) is 9.61. The number of fused-ring (bicyclic) bond motifs is 1. The van der Waals surface area contributed by atoms with E-state index in [0.29, 0.717) is 13.2 Å². The van der Waals surface area contributed by atoms with E-state index in [4.69, 9.17) is 14.9 Å². The second-order valence-corrected chi connectivity index (χ2v) is 6.03. The van der Waals surface area contributed by atoms with E-state index >= 15 is 0 Å². The van der Waals surface area contributed by atoms with Crippen LogP contribution in [0, 0.1) is 6.92 Å². The number of hydrogen-bond donors (Lipinski definition) is 1. The first kappa shape index (κ1) is 14.1. The molecule has 2 aromatic rings. The largest absolute Gasteiger partial charge is 0.459 e. The summed E-state index contributed by atoms with van der Waals surface area (Å²) in [5.74, 6) is 0.830. The van der Waals surface area contributed by atoms with E-state index in [2.05, 4.69) is 39.8 Å². The lowest BCUT2D eigenvalue weighted by Gasteiger charge is -2.19. The Balaban J connectivity index is 2.81. The smallest absolute Gasteiger partial charge is 0.138 e. The van der Waals surface area contributed by atoms with E-state index in [1.165, 1.54) is 11.1 Å². The summed E-state index contributed by atoms with van der Waals surface area (Å²) in [4.78, 5) is 0. The van der Waals surface area contributed by atoms with Gasteiger partial charge in [-0.15, -0.1) is 0 Å². The Bertz CT molecular complexity index is 591. The maximum Gasteiger partial charge on any atom is 0.138 e. The Morgan fingerprint density at radius 3 is 2.47 bits per heavy atom. The third-order valence-electron chi connectivity index (χ3n) is 3.51. The van der Waals surface area contributed by atoms with Crippen LogP contribution >= 0.6 is 0 Å². The normalized spacial score (nSPS) is 12.3. The van der Waals surface area contributed by atoms with Crippen molar-refractivity contribution in [2.45, 2.75) is 46.3 Å². The average molecular weight is 261 g/mol. The van der Waals surface area contributed by atoms with Crippen LogP contribution in [0.3, 0.4) is 0 Å². The van der Waals surface area contributed by atoms with Crippen LogP contribution in [-0.4, -0.2) is 7.11 Å². The number of ether oxygens (including phenoxy) is 1. The minimum Gasteiger partial charge on any atom is -0.459 e. The quantitative estimate of drug-likeness (QED) is 0.917. The molecule has 0 saturated heterocycles. The molecule has 1 aromatic heterocycles. The molecule has 0 amide bonds. The molecule has 0 fully saturated rings. The van der Waals surface area contributed by atoms with Gasteiger partial charge in [0.2, 0.25) is 0 Å². The van der Waals surface area contributed by atoms with Crippen molar-refractivity contribution in [2.24, 2.45) is 5.73 Å². The van der Waals surface area contributed by atoms with Gasteiger partial charge < -0.3 is 14.9 Å². The molecular formula is C16H23NO2. The summed E-state index contributed by atoms with van der Waals surface area (Å²) in [5, 5.41) is 1.16. The molecule has 19 heavy (non-hydrogen) atoms. The fraction of sp³-hybridized carbons (Fsp3) is 0.500. The standard InChI is InChI=1S/C16H23NO2/c1-10-6-7-12(16(2,3)4)15-14(10)11(9-18-5)13(8-17)19-15/h6-7H,8-9,17H2,1-5H3. The highest BCUT2D eigenvalue weighted by atomic mass is 16.5. The van der Waals surface area contributed by atoms with Crippen molar-refractivity contribution in [1.29, 1.82) is 0 Å². The first-order valence-corrected chi connectivity index (χ1v) is 6.63. The molecule has 104 valence electrons. The Hall–Kier alpha value is -1.32. The molecule has 2 rings (SSSR count). The first-order valence-electron chi connectivity index (χ1n) is 6.63. The zero-order valence-electron chi connectivity index (χ0n) is 12.5. The zero-order valence-corrected chi connectivity index (χ0v) is 12.5. The van der Waals surface area contributed by atoms with E-state index in [9.17, 15) is 0 Å². The summed E-state index contributed by atoms with van der Waals surface area (Å²) in [6, 6.07) is 4.30. The van der Waals surface area contributed by atoms with Crippen molar-refractivity contribution in [3.63, 3.8) is 0 Å². The highest BCUT2D eigenvalue weighted by Gasteiger charge is 2.23. The third-order valence-corrected chi connectivity index (χ3v) is 3.51. The lowest BCUT2D eigenvalue weighted by molar-refractivity contribution is 0.184. The van der Waals surface area contributed by atoms with Gasteiger partial charge in [0.25, 0.3) is 0 Å². The molecule has 0 aliphatic rings. The van der Waals surface area contributed by atoms with E-state index in [1.807, 2.05) is 0 Å². The van der Waals surface area contributed by atoms with Crippen molar-refractivity contribution in [2.75, 3.05) is 7.11 Å². The number of hydrogen-bond acceptors (Lipinski definition) is 3. The van der Waals surface area contributed by atoms with Crippen molar-refractivity contribution in [3.05, 3.63) is 34.6 Å². The Morgan fingerprint density at radius 1 is 1.26 bits per heavy atom. The maximum absolute atomic E-state index is 6.03. The fourth-order valence-electron chi connectivity index (χ4n) is 2.54. The molecule has 0 spiro atoms. The minimum absolute atomic E-state index is 0.0417. The number of aryl methyl sites for hydroxylation is 1. The number of nitrogens with two attached hydrogens (primary N) is 1. The maximum atomic E-state index is 6.03. The van der Waals surface area contributed by atoms with Gasteiger partial charge in [-0.25, -0.2) is 0 Å². The van der Waals surface area contributed by atoms with Gasteiger partial charge in [0, 0.05) is 23.6 Å². The number of methoxy groups -OCH3 is 1. The summed E-state index contributed by atoms with van der Waals surface area (Å²) in [5.41, 5.74) is 10.3. The van der Waals surface area contributed by atoms with Crippen LogP contribution in [0.15, 0.2) is 16.5 Å². The second-order valence-electron chi connectivity index (χ2n) is 6.03. The van der Waals surface area contributed by atoms with Crippen LogP contribution in [0.2, 0.25) is 0 Å². The van der Waals surface area contributed by atoms with E-state index in [1.54, 1.807) is 7.11 Å². The van der Waals surface area contributed by atoms with Gasteiger partial charge >= 0.3 is 0 Å². The van der Waals surface area contributed by atoms with Crippen LogP contribution < -0.4 is 5.73 Å². The topological polar surface area (TPSA) is 48.4 Å². The van der Waals surface area contributed by atoms with E-state index in [0.717, 1.165) is 22.3 Å². The molecule has 2 N–H and O–H groups in total. The number of rotatable bonds is 3. The zero-order chi connectivity index (χ0) is 14.2. The van der Waals surface area contributed by atoms with Crippen molar-refractivity contribution in [3.8, 4) is 0 Å². The molecule has 0 saturated carbocycles. The second kappa shape index (κ2) is 4.99. The Morgan fingerprint density at radius 2 is 1.95 bits per heavy atom. The molecule has 0 radical (unpaired) electrons. The lowest BCUT2D eigenvalue weighted by atomic mass is 9.85. The van der Waals surface area contributed by atoms with E-state index < -0.39 is 0 Å². The van der Waals surface area contributed by atoms with Gasteiger partial charge in [-0.1, -0.05) is 32.9 Å². The molecule has 1 aromatic carbocycles. The fourth-order valence-corrected chi connectivity index (χ4v) is 2.54. The summed E-state index contributed by atoms with van der Waals surface area (Å²) in [6.07, 6.45) is 0. The minimum atomic E-state index is 0.0417. The summed E-state index contributed by atoms with van der Waals surface area (Å²) < 4.78 is 11.3. The number of furan rings is 1. The van der Waals surface area contributed by atoms with Crippen molar-refractivity contribution >= 4 is 11.0 Å². The first-order chi connectivity index (χ1) is 8.90. The molecule has 3 heteroatoms. The molecule has 0 aliphatic carbocycles. The van der Waals surface area contributed by atoms with Crippen molar-refractivity contribution in [1.82, 2.24) is 0 Å². The third kappa shape index (κ3) is 2.40. The molecule has 1 heterocycles. The van der Waals surface area contributed by atoms with Crippen LogP contribution in [-0.2, 0) is 23.3 Å². The van der Waals surface area contributed by atoms with Crippen LogP contribution in [0.5, 0.6) is 0 Å². The molecule has 0 aliphatic heterocycles. The molecule has 3 nitrogen and oxygen atoms in total. The van der Waals surface area contributed by atoms with Gasteiger partial charge in [0.1, 0.15) is 11.3 Å². The number of benzene rings is 1. The van der Waals surface area contributed by atoms with Gasteiger partial charge in [-0.05, 0) is 17.9 Å². The van der Waals surface area contributed by atoms with Crippen molar-refractivity contribution < 1.29 is 9.15 Å². The summed E-state index contributed by atoms with van der Waals surface area (Å²) in [7, 11) is 1.70. The van der Waals surface area contributed by atoms with Crippen LogP contribution in [0.1, 0.15) is 43.2 Å². The summed E-state index contributed by atoms with van der Waals surface area (Å²) >= 11 is 0. The van der Waals surface area contributed by atoms with Gasteiger partial charge in [-0.3, -0.25) is 0 Å². The van der Waals surface area contributed by atoms with Gasteiger partial charge in [0.05, 0.1) is 13.2 Å². The molecule has 0 unspecified atom stereocenters. The van der Waals surface area contributed by atoms with Gasteiger partial charge in [-0.2, -0.15) is 0 Å². The lowest BCUT2D eigenvalue weighted by Crippen LogP contribution is -2.11. The Labute approximate surface area is 114 Å². The SMILES string of the molecule is COCc1c(CN)oc2c(C(C)(C)C)ccc(C)c12. The highest BCUT2D eigenvalue weighted by molar-refractivity contribution is 5.88. The predicted molar refractivity (Wildman–Crippen MR) is 78.3 cm³/mol. The molecule has 0 bridgehead atoms. The molecule has 0 atom stereocenters. The predicted octanol–water partition coefficient (Wildman–Crippen LogP) is 3.64. The molecular weight excluding hydrogens is 238 g/mol. The Kier molecular flexibility index (Phi) is 3.70. The van der Waals surface area contributed by atoms with Crippen LogP contribution in [0.4, 0.5) is 0 Å². The van der Waals surface area contributed by atoms with Crippen LogP contribution in [0.25, 0.3) is 11.0 Å². The van der Waals surface area contributed by atoms with Gasteiger partial charge in [0.15, 0.2) is 0 Å². The average Bonchev–Trinajstić information content (AvgIpc) is 2.68. The monoisotopic (exact) mass is 261 g/mol. The highest BCUT2D eigenvalue weighted by Crippen LogP contribution is 2.36.